The molecule has 0 radical (unpaired) electrons. The SMILES string of the molecule is O=C(c1cccc(N2C(=O)C3(CC3c3ccc(Cl)cc3)c3ccccc32)c1)N1CCOCC1. The Kier molecular flexibility index (Phi) is 4.78. The molecular formula is C27H23ClN2O3. The third-order valence-electron chi connectivity index (χ3n) is 7.09. The summed E-state index contributed by atoms with van der Waals surface area (Å²) in [6, 6.07) is 23.2. The van der Waals surface area contributed by atoms with Crippen LogP contribution in [0.15, 0.2) is 72.8 Å². The van der Waals surface area contributed by atoms with E-state index in [1.807, 2.05) is 66.7 Å². The average molecular weight is 459 g/mol. The summed E-state index contributed by atoms with van der Waals surface area (Å²) in [5.74, 6) is 0.159. The molecule has 33 heavy (non-hydrogen) atoms. The molecule has 0 aromatic heterocycles. The van der Waals surface area contributed by atoms with Crippen molar-refractivity contribution in [1.29, 1.82) is 0 Å². The van der Waals surface area contributed by atoms with Crippen molar-refractivity contribution in [1.82, 2.24) is 4.90 Å². The second-order valence-corrected chi connectivity index (χ2v) is 9.33. The van der Waals surface area contributed by atoms with Crippen molar-refractivity contribution in [2.45, 2.75) is 17.8 Å². The van der Waals surface area contributed by atoms with Crippen molar-refractivity contribution in [2.24, 2.45) is 0 Å². The third kappa shape index (κ3) is 3.18. The van der Waals surface area contributed by atoms with Gasteiger partial charge in [0.25, 0.3) is 5.91 Å². The number of fused-ring (bicyclic) bond motifs is 2. The van der Waals surface area contributed by atoms with Crippen molar-refractivity contribution in [3.63, 3.8) is 0 Å². The number of carbonyl (C=O) groups excluding carboxylic acids is 2. The Morgan fingerprint density at radius 2 is 1.73 bits per heavy atom. The lowest BCUT2D eigenvalue weighted by Gasteiger charge is -2.27. The molecule has 2 aliphatic heterocycles. The first kappa shape index (κ1) is 20.5. The number of rotatable bonds is 3. The van der Waals surface area contributed by atoms with Gasteiger partial charge in [0, 0.05) is 35.3 Å². The molecular weight excluding hydrogens is 436 g/mol. The smallest absolute Gasteiger partial charge is 0.254 e. The Bertz CT molecular complexity index is 1250. The molecule has 1 saturated carbocycles. The zero-order valence-electron chi connectivity index (χ0n) is 18.0. The second kappa shape index (κ2) is 7.72. The van der Waals surface area contributed by atoms with E-state index in [-0.39, 0.29) is 17.7 Å². The van der Waals surface area contributed by atoms with Gasteiger partial charge in [-0.2, -0.15) is 0 Å². The number of anilines is 2. The summed E-state index contributed by atoms with van der Waals surface area (Å²) in [5, 5.41) is 0.690. The molecule has 3 aromatic carbocycles. The predicted molar refractivity (Wildman–Crippen MR) is 127 cm³/mol. The minimum atomic E-state index is -0.561. The Morgan fingerprint density at radius 3 is 2.52 bits per heavy atom. The number of benzene rings is 3. The monoisotopic (exact) mass is 458 g/mol. The Labute approximate surface area is 197 Å². The van der Waals surface area contributed by atoms with Crippen molar-refractivity contribution in [2.75, 3.05) is 31.2 Å². The van der Waals surface area contributed by atoms with Gasteiger partial charge in [0.15, 0.2) is 0 Å². The van der Waals surface area contributed by atoms with Gasteiger partial charge in [-0.25, -0.2) is 0 Å². The third-order valence-corrected chi connectivity index (χ3v) is 7.35. The molecule has 6 rings (SSSR count). The van der Waals surface area contributed by atoms with Gasteiger partial charge >= 0.3 is 0 Å². The van der Waals surface area contributed by atoms with E-state index in [9.17, 15) is 9.59 Å². The fraction of sp³-hybridized carbons (Fsp3) is 0.259. The standard InChI is InChI=1S/C27H23ClN2O3/c28-20-10-8-18(9-11-20)23-17-27(23)22-6-1-2-7-24(22)30(26(27)32)21-5-3-4-19(16-21)25(31)29-12-14-33-15-13-29/h1-11,16,23H,12-15,17H2. The number of halogens is 1. The molecule has 1 aliphatic carbocycles. The highest BCUT2D eigenvalue weighted by atomic mass is 35.5. The normalized spacial score (nSPS) is 23.7. The molecule has 0 N–H and O–H groups in total. The van der Waals surface area contributed by atoms with Crippen LogP contribution >= 0.6 is 11.6 Å². The van der Waals surface area contributed by atoms with Crippen LogP contribution in [0.4, 0.5) is 11.4 Å². The van der Waals surface area contributed by atoms with Crippen molar-refractivity contribution < 1.29 is 14.3 Å². The zero-order chi connectivity index (χ0) is 22.6. The minimum Gasteiger partial charge on any atom is -0.378 e. The average Bonchev–Trinajstić information content (AvgIpc) is 3.56. The van der Waals surface area contributed by atoms with E-state index in [0.29, 0.717) is 36.9 Å². The number of hydrogen-bond acceptors (Lipinski definition) is 3. The van der Waals surface area contributed by atoms with Gasteiger partial charge in [-0.1, -0.05) is 48.0 Å². The molecule has 3 aliphatic rings. The number of carbonyl (C=O) groups is 2. The van der Waals surface area contributed by atoms with Crippen LogP contribution in [0.2, 0.25) is 5.02 Å². The molecule has 2 unspecified atom stereocenters. The number of para-hydroxylation sites is 1. The van der Waals surface area contributed by atoms with E-state index in [0.717, 1.165) is 28.9 Å². The predicted octanol–water partition coefficient (Wildman–Crippen LogP) is 4.92. The van der Waals surface area contributed by atoms with E-state index >= 15 is 0 Å². The summed E-state index contributed by atoms with van der Waals surface area (Å²) in [4.78, 5) is 30.6. The molecule has 1 spiro atoms. The fourth-order valence-corrected chi connectivity index (χ4v) is 5.47. The van der Waals surface area contributed by atoms with Gasteiger partial charge in [-0.3, -0.25) is 14.5 Å². The van der Waals surface area contributed by atoms with Crippen LogP contribution in [0.3, 0.4) is 0 Å². The highest BCUT2D eigenvalue weighted by Gasteiger charge is 2.67. The van der Waals surface area contributed by atoms with Crippen LogP contribution in [-0.4, -0.2) is 43.0 Å². The van der Waals surface area contributed by atoms with Crippen LogP contribution in [0.1, 0.15) is 33.8 Å². The van der Waals surface area contributed by atoms with Gasteiger partial charge in [0.2, 0.25) is 5.91 Å². The Hall–Kier alpha value is -3.15. The molecule has 2 amide bonds. The summed E-state index contributed by atoms with van der Waals surface area (Å²) in [7, 11) is 0. The van der Waals surface area contributed by atoms with Gasteiger partial charge < -0.3 is 9.64 Å². The van der Waals surface area contributed by atoms with Crippen molar-refractivity contribution >= 4 is 34.8 Å². The number of morpholine rings is 1. The number of amides is 2. The van der Waals surface area contributed by atoms with Crippen LogP contribution in [0.5, 0.6) is 0 Å². The number of nitrogens with zero attached hydrogens (tertiary/aromatic N) is 2. The maximum Gasteiger partial charge on any atom is 0.254 e. The molecule has 2 fully saturated rings. The highest BCUT2D eigenvalue weighted by molar-refractivity contribution is 6.30. The van der Waals surface area contributed by atoms with Crippen LogP contribution in [0.25, 0.3) is 0 Å². The highest BCUT2D eigenvalue weighted by Crippen LogP contribution is 2.67. The van der Waals surface area contributed by atoms with E-state index < -0.39 is 5.41 Å². The summed E-state index contributed by atoms with van der Waals surface area (Å²) >= 11 is 6.08. The van der Waals surface area contributed by atoms with Gasteiger partial charge in [-0.05, 0) is 53.9 Å². The molecule has 166 valence electrons. The first-order chi connectivity index (χ1) is 16.1. The lowest BCUT2D eigenvalue weighted by molar-refractivity contribution is -0.119. The Balaban J connectivity index is 1.37. The second-order valence-electron chi connectivity index (χ2n) is 8.89. The lowest BCUT2D eigenvalue weighted by Crippen LogP contribution is -2.40. The summed E-state index contributed by atoms with van der Waals surface area (Å²) in [6.45, 7) is 2.27. The summed E-state index contributed by atoms with van der Waals surface area (Å²) in [5.41, 5.74) is 3.83. The maximum atomic E-state index is 14.0. The lowest BCUT2D eigenvalue weighted by atomic mass is 9.92. The first-order valence-electron chi connectivity index (χ1n) is 11.3. The van der Waals surface area contributed by atoms with E-state index in [2.05, 4.69) is 6.07 Å². The molecule has 1 saturated heterocycles. The number of hydrogen-bond donors (Lipinski definition) is 0. The molecule has 2 heterocycles. The fourth-order valence-electron chi connectivity index (χ4n) is 5.35. The van der Waals surface area contributed by atoms with Crippen LogP contribution in [0, 0.1) is 0 Å². The van der Waals surface area contributed by atoms with Gasteiger partial charge in [0.1, 0.15) is 0 Å². The van der Waals surface area contributed by atoms with Gasteiger partial charge in [0.05, 0.1) is 24.3 Å². The minimum absolute atomic E-state index is 0.0275. The summed E-state index contributed by atoms with van der Waals surface area (Å²) < 4.78 is 5.37. The largest absolute Gasteiger partial charge is 0.378 e. The van der Waals surface area contributed by atoms with Crippen molar-refractivity contribution in [3.8, 4) is 0 Å². The molecule has 3 aromatic rings. The molecule has 6 heteroatoms. The molecule has 0 bridgehead atoms. The van der Waals surface area contributed by atoms with Crippen molar-refractivity contribution in [3.05, 3.63) is 94.5 Å². The topological polar surface area (TPSA) is 49.9 Å². The first-order valence-corrected chi connectivity index (χ1v) is 11.6. The maximum absolute atomic E-state index is 14.0. The van der Waals surface area contributed by atoms with Gasteiger partial charge in [-0.15, -0.1) is 0 Å². The Morgan fingerprint density at radius 1 is 0.970 bits per heavy atom. The summed E-state index contributed by atoms with van der Waals surface area (Å²) in [6.07, 6.45) is 0.771. The molecule has 5 nitrogen and oxygen atoms in total. The number of ether oxygens (including phenoxy) is 1. The van der Waals surface area contributed by atoms with Crippen LogP contribution in [-0.2, 0) is 14.9 Å². The zero-order valence-corrected chi connectivity index (χ0v) is 18.8. The van der Waals surface area contributed by atoms with E-state index in [1.165, 1.54) is 0 Å². The van der Waals surface area contributed by atoms with E-state index in [4.69, 9.17) is 16.3 Å². The van der Waals surface area contributed by atoms with E-state index in [1.54, 1.807) is 9.80 Å². The molecule has 2 atom stereocenters. The quantitative estimate of drug-likeness (QED) is 0.560. The van der Waals surface area contributed by atoms with Crippen LogP contribution < -0.4 is 4.90 Å².